The van der Waals surface area contributed by atoms with E-state index in [4.69, 9.17) is 14.2 Å². The van der Waals surface area contributed by atoms with E-state index < -0.39 is 0 Å². The smallest absolute Gasteiger partial charge is 0.217 e. The van der Waals surface area contributed by atoms with Gasteiger partial charge in [-0.05, 0) is 35.9 Å². The number of nitrogens with zero attached hydrogens (tertiary/aromatic N) is 1. The molecule has 0 radical (unpaired) electrons. The van der Waals surface area contributed by atoms with E-state index in [1.54, 1.807) is 7.11 Å². The Kier molecular flexibility index (Phi) is 4.78. The van der Waals surface area contributed by atoms with Crippen molar-refractivity contribution in [1.29, 1.82) is 0 Å². The summed E-state index contributed by atoms with van der Waals surface area (Å²) in [6.07, 6.45) is -0.126. The van der Waals surface area contributed by atoms with Gasteiger partial charge in [0.2, 0.25) is 5.90 Å². The van der Waals surface area contributed by atoms with E-state index in [2.05, 4.69) is 4.99 Å². The Morgan fingerprint density at radius 3 is 2.61 bits per heavy atom. The Balaban J connectivity index is 1.56. The van der Waals surface area contributed by atoms with Crippen LogP contribution in [0, 0.1) is 0 Å². The van der Waals surface area contributed by atoms with Crippen molar-refractivity contribution in [1.82, 2.24) is 0 Å². The molecule has 23 heavy (non-hydrogen) atoms. The Labute approximate surface area is 135 Å². The Morgan fingerprint density at radius 1 is 1.13 bits per heavy atom. The Morgan fingerprint density at radius 2 is 1.87 bits per heavy atom. The van der Waals surface area contributed by atoms with E-state index in [9.17, 15) is 5.11 Å². The molecule has 0 bridgehead atoms. The van der Waals surface area contributed by atoms with Crippen LogP contribution in [-0.2, 0) is 11.3 Å². The highest BCUT2D eigenvalue weighted by atomic mass is 16.5. The minimum atomic E-state index is -0.126. The van der Waals surface area contributed by atoms with Gasteiger partial charge < -0.3 is 19.3 Å². The van der Waals surface area contributed by atoms with E-state index in [0.717, 1.165) is 22.6 Å². The van der Waals surface area contributed by atoms with Gasteiger partial charge in [-0.3, -0.25) is 0 Å². The van der Waals surface area contributed by atoms with Gasteiger partial charge in [0.05, 0.1) is 20.3 Å². The highest BCUT2D eigenvalue weighted by molar-refractivity contribution is 5.96. The maximum absolute atomic E-state index is 9.39. The van der Waals surface area contributed by atoms with Gasteiger partial charge in [0, 0.05) is 5.56 Å². The molecule has 0 aliphatic carbocycles. The molecule has 0 amide bonds. The van der Waals surface area contributed by atoms with Gasteiger partial charge in [-0.15, -0.1) is 0 Å². The molecule has 1 atom stereocenters. The lowest BCUT2D eigenvalue weighted by Gasteiger charge is -2.14. The first kappa shape index (κ1) is 15.4. The van der Waals surface area contributed by atoms with E-state index in [1.165, 1.54) is 0 Å². The maximum Gasteiger partial charge on any atom is 0.217 e. The van der Waals surface area contributed by atoms with Gasteiger partial charge >= 0.3 is 0 Å². The fourth-order valence-corrected chi connectivity index (χ4v) is 2.38. The number of methoxy groups -OCH3 is 1. The van der Waals surface area contributed by atoms with Crippen molar-refractivity contribution in [2.45, 2.75) is 12.7 Å². The van der Waals surface area contributed by atoms with Crippen molar-refractivity contribution in [3.63, 3.8) is 0 Å². The van der Waals surface area contributed by atoms with Crippen LogP contribution >= 0.6 is 0 Å². The molecule has 1 heterocycles. The first-order valence-corrected chi connectivity index (χ1v) is 7.47. The minimum Gasteiger partial charge on any atom is -0.497 e. The van der Waals surface area contributed by atoms with Crippen molar-refractivity contribution in [2.75, 3.05) is 20.3 Å². The number of hydrogen-bond donors (Lipinski definition) is 1. The molecule has 1 aliphatic heterocycles. The Hall–Kier alpha value is -2.53. The minimum absolute atomic E-state index is 0.0361. The highest BCUT2D eigenvalue weighted by Crippen LogP contribution is 2.20. The number of aliphatic hydroxyl groups is 1. The molecule has 0 saturated carbocycles. The van der Waals surface area contributed by atoms with E-state index in [0.29, 0.717) is 19.0 Å². The normalized spacial score (nSPS) is 16.6. The number of rotatable bonds is 6. The molecule has 3 rings (SSSR count). The molecule has 5 nitrogen and oxygen atoms in total. The van der Waals surface area contributed by atoms with Crippen LogP contribution in [0.5, 0.6) is 11.5 Å². The molecular formula is C18H19NO4. The van der Waals surface area contributed by atoms with Crippen LogP contribution in [-0.4, -0.2) is 37.4 Å². The zero-order valence-corrected chi connectivity index (χ0v) is 12.9. The zero-order chi connectivity index (χ0) is 16.1. The van der Waals surface area contributed by atoms with Crippen LogP contribution in [0.25, 0.3) is 0 Å². The zero-order valence-electron chi connectivity index (χ0n) is 12.9. The topological polar surface area (TPSA) is 60.3 Å². The largest absolute Gasteiger partial charge is 0.497 e. The van der Waals surface area contributed by atoms with Crippen molar-refractivity contribution in [2.24, 2.45) is 4.99 Å². The highest BCUT2D eigenvalue weighted by Gasteiger charge is 2.23. The summed E-state index contributed by atoms with van der Waals surface area (Å²) < 4.78 is 16.7. The third-order valence-corrected chi connectivity index (χ3v) is 3.63. The van der Waals surface area contributed by atoms with Gasteiger partial charge in [0.1, 0.15) is 18.1 Å². The second kappa shape index (κ2) is 7.15. The monoisotopic (exact) mass is 313 g/mol. The van der Waals surface area contributed by atoms with Crippen molar-refractivity contribution < 1.29 is 19.3 Å². The van der Waals surface area contributed by atoms with E-state index >= 15 is 0 Å². The summed E-state index contributed by atoms with van der Waals surface area (Å²) in [5.74, 6) is 2.12. The lowest BCUT2D eigenvalue weighted by atomic mass is 10.1. The van der Waals surface area contributed by atoms with Gasteiger partial charge in [0.25, 0.3) is 0 Å². The number of benzene rings is 2. The first-order valence-electron chi connectivity index (χ1n) is 7.47. The van der Waals surface area contributed by atoms with Crippen LogP contribution < -0.4 is 9.47 Å². The number of aliphatic hydroxyl groups excluding tert-OH is 1. The lowest BCUT2D eigenvalue weighted by molar-refractivity contribution is 0.143. The molecule has 5 heteroatoms. The summed E-state index contributed by atoms with van der Waals surface area (Å²) in [6, 6.07) is 15.0. The standard InChI is InChI=1S/C18H19NO4/c1-21-14-6-8-15(9-7-14)22-12-16-10-19-18(23-16)17-5-3-2-4-13(17)11-20/h2-9,16,20H,10-12H2,1H3. The molecule has 2 aromatic carbocycles. The third-order valence-electron chi connectivity index (χ3n) is 3.63. The number of aliphatic imine (C=N–C) groups is 1. The third kappa shape index (κ3) is 3.63. The van der Waals surface area contributed by atoms with E-state index in [1.807, 2.05) is 48.5 Å². The molecule has 0 saturated heterocycles. The fraction of sp³-hybridized carbons (Fsp3) is 0.278. The van der Waals surface area contributed by atoms with Gasteiger partial charge in [-0.1, -0.05) is 18.2 Å². The molecule has 2 aromatic rings. The second-order valence-electron chi connectivity index (χ2n) is 5.19. The summed E-state index contributed by atoms with van der Waals surface area (Å²) in [4.78, 5) is 4.42. The maximum atomic E-state index is 9.39. The van der Waals surface area contributed by atoms with Gasteiger partial charge in [-0.2, -0.15) is 0 Å². The average Bonchev–Trinajstić information content (AvgIpc) is 3.09. The summed E-state index contributed by atoms with van der Waals surface area (Å²) in [7, 11) is 1.63. The summed E-state index contributed by atoms with van der Waals surface area (Å²) in [6.45, 7) is 0.928. The molecule has 0 aromatic heterocycles. The summed E-state index contributed by atoms with van der Waals surface area (Å²) in [5.41, 5.74) is 1.64. The van der Waals surface area contributed by atoms with Gasteiger partial charge in [-0.25, -0.2) is 4.99 Å². The molecule has 0 spiro atoms. The van der Waals surface area contributed by atoms with E-state index in [-0.39, 0.29) is 12.7 Å². The molecule has 0 fully saturated rings. The summed E-state index contributed by atoms with van der Waals surface area (Å²) in [5, 5.41) is 9.39. The molecule has 1 N–H and O–H groups in total. The molecule has 1 aliphatic rings. The first-order chi connectivity index (χ1) is 11.3. The predicted molar refractivity (Wildman–Crippen MR) is 87.1 cm³/mol. The fourth-order valence-electron chi connectivity index (χ4n) is 2.38. The van der Waals surface area contributed by atoms with Crippen LogP contribution in [0.1, 0.15) is 11.1 Å². The predicted octanol–water partition coefficient (Wildman–Crippen LogP) is 2.41. The number of hydrogen-bond acceptors (Lipinski definition) is 5. The van der Waals surface area contributed by atoms with Crippen molar-refractivity contribution in [3.05, 3.63) is 59.7 Å². The average molecular weight is 313 g/mol. The molecule has 120 valence electrons. The summed E-state index contributed by atoms with van der Waals surface area (Å²) >= 11 is 0. The van der Waals surface area contributed by atoms with Crippen LogP contribution in [0.4, 0.5) is 0 Å². The van der Waals surface area contributed by atoms with Crippen molar-refractivity contribution in [3.8, 4) is 11.5 Å². The lowest BCUT2D eigenvalue weighted by Crippen LogP contribution is -2.22. The molecule has 1 unspecified atom stereocenters. The number of ether oxygens (including phenoxy) is 3. The SMILES string of the molecule is COc1ccc(OCC2CN=C(c3ccccc3CO)O2)cc1. The van der Waals surface area contributed by atoms with Crippen molar-refractivity contribution >= 4 is 5.90 Å². The second-order valence-corrected chi connectivity index (χ2v) is 5.19. The van der Waals surface area contributed by atoms with Gasteiger partial charge in [0.15, 0.2) is 6.10 Å². The quantitative estimate of drug-likeness (QED) is 0.890. The molecular weight excluding hydrogens is 294 g/mol. The van der Waals surface area contributed by atoms with Crippen LogP contribution in [0.2, 0.25) is 0 Å². The Bertz CT molecular complexity index is 682. The van der Waals surface area contributed by atoms with Crippen LogP contribution in [0.15, 0.2) is 53.5 Å². The van der Waals surface area contributed by atoms with Crippen LogP contribution in [0.3, 0.4) is 0 Å².